The van der Waals surface area contributed by atoms with Crippen LogP contribution in [0.1, 0.15) is 31.7 Å². The third-order valence-corrected chi connectivity index (χ3v) is 6.16. The summed E-state index contributed by atoms with van der Waals surface area (Å²) in [5.74, 6) is -0.532. The first-order valence-corrected chi connectivity index (χ1v) is 10.8. The van der Waals surface area contributed by atoms with Crippen LogP contribution in [0.5, 0.6) is 0 Å². The van der Waals surface area contributed by atoms with E-state index in [1.54, 1.807) is 28.5 Å². The molecule has 0 spiro atoms. The highest BCUT2D eigenvalue weighted by atomic mass is 32.1. The van der Waals surface area contributed by atoms with Gasteiger partial charge in [0.1, 0.15) is 11.3 Å². The maximum Gasteiger partial charge on any atom is 0.232 e. The van der Waals surface area contributed by atoms with E-state index in [0.29, 0.717) is 18.1 Å². The lowest BCUT2D eigenvalue weighted by molar-refractivity contribution is -0.125. The number of carbonyl (C=O) groups excluding carboxylic acids is 1. The number of hydrogen-bond donors (Lipinski definition) is 2. The number of carbonyl (C=O) groups is 1. The van der Waals surface area contributed by atoms with Gasteiger partial charge in [0, 0.05) is 5.39 Å². The summed E-state index contributed by atoms with van der Waals surface area (Å²) in [7, 11) is 0. The zero-order valence-corrected chi connectivity index (χ0v) is 18.1. The molecule has 9 heteroatoms. The minimum Gasteiger partial charge on any atom is -0.330 e. The minimum atomic E-state index is -0.730. The molecule has 160 valence electrons. The van der Waals surface area contributed by atoms with E-state index in [4.69, 9.17) is 5.73 Å². The van der Waals surface area contributed by atoms with Crippen molar-refractivity contribution in [3.05, 3.63) is 65.6 Å². The van der Waals surface area contributed by atoms with Gasteiger partial charge in [-0.25, -0.2) is 9.07 Å². The fourth-order valence-corrected chi connectivity index (χ4v) is 4.25. The van der Waals surface area contributed by atoms with Gasteiger partial charge in [0.15, 0.2) is 0 Å². The first-order valence-electron chi connectivity index (χ1n) is 9.91. The van der Waals surface area contributed by atoms with Crippen molar-refractivity contribution in [1.82, 2.24) is 20.0 Å². The molecule has 31 heavy (non-hydrogen) atoms. The van der Waals surface area contributed by atoms with Crippen LogP contribution in [-0.4, -0.2) is 32.4 Å². The average molecular weight is 439 g/mol. The van der Waals surface area contributed by atoms with Crippen molar-refractivity contribution < 1.29 is 9.18 Å². The van der Waals surface area contributed by atoms with E-state index in [0.717, 1.165) is 22.2 Å². The Morgan fingerprint density at radius 1 is 1.26 bits per heavy atom. The largest absolute Gasteiger partial charge is 0.330 e. The molecule has 2 aromatic heterocycles. The topological polar surface area (TPSA) is 98.7 Å². The van der Waals surface area contributed by atoms with E-state index in [1.165, 1.54) is 23.5 Å². The predicted molar refractivity (Wildman–Crippen MR) is 120 cm³/mol. The van der Waals surface area contributed by atoms with Crippen LogP contribution < -0.4 is 11.1 Å². The summed E-state index contributed by atoms with van der Waals surface area (Å²) in [6, 6.07) is 12.2. The van der Waals surface area contributed by atoms with Crippen molar-refractivity contribution >= 4 is 33.3 Å². The van der Waals surface area contributed by atoms with Crippen molar-refractivity contribution in [1.29, 1.82) is 0 Å². The van der Waals surface area contributed by atoms with Gasteiger partial charge in [-0.1, -0.05) is 31.3 Å². The number of amides is 1. The van der Waals surface area contributed by atoms with Gasteiger partial charge in [-0.2, -0.15) is 5.10 Å². The number of aromatic nitrogens is 4. The molecule has 7 nitrogen and oxygen atoms in total. The molecule has 0 aliphatic carbocycles. The lowest BCUT2D eigenvalue weighted by atomic mass is 9.72. The predicted octanol–water partition coefficient (Wildman–Crippen LogP) is 4.11. The van der Waals surface area contributed by atoms with Crippen LogP contribution in [-0.2, 0) is 4.79 Å². The summed E-state index contributed by atoms with van der Waals surface area (Å²) in [6.45, 7) is 4.28. The van der Waals surface area contributed by atoms with E-state index in [-0.39, 0.29) is 17.6 Å². The Labute approximate surface area is 183 Å². The Bertz CT molecular complexity index is 1190. The van der Waals surface area contributed by atoms with Crippen molar-refractivity contribution in [2.45, 2.75) is 26.2 Å². The van der Waals surface area contributed by atoms with E-state index in [1.807, 2.05) is 32.0 Å². The Hall–Kier alpha value is -3.17. The van der Waals surface area contributed by atoms with Crippen LogP contribution in [0.25, 0.3) is 16.6 Å². The molecule has 2 heterocycles. The Kier molecular flexibility index (Phi) is 5.79. The molecule has 0 saturated heterocycles. The monoisotopic (exact) mass is 438 g/mol. The van der Waals surface area contributed by atoms with Gasteiger partial charge in [0.05, 0.1) is 22.8 Å². The average Bonchev–Trinajstić information content (AvgIpc) is 3.42. The number of nitrogens with one attached hydrogen (secondary N) is 1. The van der Waals surface area contributed by atoms with Gasteiger partial charge < -0.3 is 11.1 Å². The molecule has 4 aromatic rings. The van der Waals surface area contributed by atoms with Gasteiger partial charge in [0.2, 0.25) is 11.0 Å². The van der Waals surface area contributed by atoms with Crippen molar-refractivity contribution in [2.24, 2.45) is 11.1 Å². The van der Waals surface area contributed by atoms with E-state index >= 15 is 0 Å². The number of hydrogen-bond acceptors (Lipinski definition) is 6. The quantitative estimate of drug-likeness (QED) is 0.452. The first kappa shape index (κ1) is 21.1. The number of nitrogens with two attached hydrogens (primary N) is 1. The molecule has 0 aliphatic rings. The van der Waals surface area contributed by atoms with Crippen LogP contribution in [0.2, 0.25) is 0 Å². The third-order valence-electron chi connectivity index (χ3n) is 5.56. The second-order valence-corrected chi connectivity index (χ2v) is 8.73. The number of nitrogens with zero attached hydrogens (tertiary/aromatic N) is 4. The summed E-state index contributed by atoms with van der Waals surface area (Å²) in [5, 5.41) is 16.4. The Balaban J connectivity index is 1.67. The normalized spacial score (nSPS) is 12.8. The summed E-state index contributed by atoms with van der Waals surface area (Å²) in [6.07, 6.45) is 2.42. The Morgan fingerprint density at radius 2 is 2.03 bits per heavy atom. The maximum atomic E-state index is 13.3. The van der Waals surface area contributed by atoms with Crippen LogP contribution >= 0.6 is 11.3 Å². The standard InChI is InChI=1S/C22H23FN6OS/c1-22(2,20(30)27-21-28-25-13-31-21)18(9-10-24)14-3-8-19-15(11-14)12-26-29(19)17-6-4-16(23)5-7-17/h3-8,11-13,18H,9-10,24H2,1-2H3,(H,27,28,30). The molecule has 0 saturated carbocycles. The van der Waals surface area contributed by atoms with E-state index in [2.05, 4.69) is 20.6 Å². The minimum absolute atomic E-state index is 0.107. The van der Waals surface area contributed by atoms with Crippen molar-refractivity contribution in [2.75, 3.05) is 11.9 Å². The lowest BCUT2D eigenvalue weighted by Crippen LogP contribution is -2.37. The number of rotatable bonds is 7. The number of fused-ring (bicyclic) bond motifs is 1. The first-order chi connectivity index (χ1) is 14.9. The summed E-state index contributed by atoms with van der Waals surface area (Å²) in [5.41, 5.74) is 9.44. The molecule has 4 rings (SSSR count). The highest BCUT2D eigenvalue weighted by molar-refractivity contribution is 7.13. The zero-order chi connectivity index (χ0) is 22.0. The summed E-state index contributed by atoms with van der Waals surface area (Å²) in [4.78, 5) is 13.0. The van der Waals surface area contributed by atoms with Crippen LogP contribution in [0.4, 0.5) is 9.52 Å². The molecule has 1 unspecified atom stereocenters. The lowest BCUT2D eigenvalue weighted by Gasteiger charge is -2.33. The SMILES string of the molecule is CC(C)(C(=O)Nc1nncs1)C(CCN)c1ccc2c(cnn2-c2ccc(F)cc2)c1. The number of anilines is 1. The highest BCUT2D eigenvalue weighted by Crippen LogP contribution is 2.40. The molecule has 1 amide bonds. The molecule has 0 radical (unpaired) electrons. The second-order valence-electron chi connectivity index (χ2n) is 7.90. The molecular formula is C22H23FN6OS. The summed E-state index contributed by atoms with van der Waals surface area (Å²) >= 11 is 1.28. The molecule has 0 bridgehead atoms. The fourth-order valence-electron chi connectivity index (χ4n) is 3.81. The highest BCUT2D eigenvalue weighted by Gasteiger charge is 2.38. The summed E-state index contributed by atoms with van der Waals surface area (Å²) < 4.78 is 15.0. The van der Waals surface area contributed by atoms with Gasteiger partial charge >= 0.3 is 0 Å². The fraction of sp³-hybridized carbons (Fsp3) is 0.273. The van der Waals surface area contributed by atoms with E-state index in [9.17, 15) is 9.18 Å². The molecule has 2 aromatic carbocycles. The van der Waals surface area contributed by atoms with E-state index < -0.39 is 5.41 Å². The van der Waals surface area contributed by atoms with Gasteiger partial charge in [-0.3, -0.25) is 4.79 Å². The molecule has 0 fully saturated rings. The molecular weight excluding hydrogens is 415 g/mol. The van der Waals surface area contributed by atoms with Gasteiger partial charge in [-0.15, -0.1) is 10.2 Å². The van der Waals surface area contributed by atoms with Crippen LogP contribution in [0.3, 0.4) is 0 Å². The van der Waals surface area contributed by atoms with Crippen LogP contribution in [0.15, 0.2) is 54.2 Å². The number of halogens is 1. The smallest absolute Gasteiger partial charge is 0.232 e. The molecule has 3 N–H and O–H groups in total. The van der Waals surface area contributed by atoms with Crippen molar-refractivity contribution in [3.8, 4) is 5.69 Å². The van der Waals surface area contributed by atoms with Gasteiger partial charge in [0.25, 0.3) is 0 Å². The molecule has 1 atom stereocenters. The third kappa shape index (κ3) is 4.19. The van der Waals surface area contributed by atoms with Crippen molar-refractivity contribution in [3.63, 3.8) is 0 Å². The maximum absolute atomic E-state index is 13.3. The second kappa shape index (κ2) is 8.52. The molecule has 0 aliphatic heterocycles. The zero-order valence-electron chi connectivity index (χ0n) is 17.2. The Morgan fingerprint density at radius 3 is 2.71 bits per heavy atom. The van der Waals surface area contributed by atoms with Gasteiger partial charge in [-0.05, 0) is 60.8 Å². The van der Waals surface area contributed by atoms with Crippen LogP contribution in [0, 0.1) is 11.2 Å². The number of benzene rings is 2.